The molecule has 3 atom stereocenters. The van der Waals surface area contributed by atoms with E-state index < -0.39 is 18.6 Å². The number of rotatable bonds is 5. The molecule has 1 saturated carbocycles. The molecule has 0 spiro atoms. The SMILES string of the molecule is O=C(O)[C@]12CCC(CN1)C2CCCB(O)O. The Bertz CT molecular complexity index is 276. The number of fused-ring (bicyclic) bond motifs is 2. The lowest BCUT2D eigenvalue weighted by Crippen LogP contribution is -2.51. The number of carboxylic acids is 1. The van der Waals surface area contributed by atoms with E-state index in [1.165, 1.54) is 0 Å². The Labute approximate surface area is 95.0 Å². The molecule has 0 aromatic carbocycles. The second-order valence-electron chi connectivity index (χ2n) is 4.97. The predicted octanol–water partition coefficient (Wildman–Crippen LogP) is -0.308. The molecule has 90 valence electrons. The number of carboxylic acid groups (broad SMARTS) is 1. The van der Waals surface area contributed by atoms with Gasteiger partial charge < -0.3 is 20.5 Å². The van der Waals surface area contributed by atoms with Crippen molar-refractivity contribution < 1.29 is 19.9 Å². The molecule has 2 rings (SSSR count). The number of piperidine rings is 1. The van der Waals surface area contributed by atoms with E-state index in [0.717, 1.165) is 19.4 Å². The molecule has 2 fully saturated rings. The molecule has 1 heterocycles. The summed E-state index contributed by atoms with van der Waals surface area (Å²) in [5, 5.41) is 30.0. The molecule has 16 heavy (non-hydrogen) atoms. The first kappa shape index (κ1) is 11.9. The van der Waals surface area contributed by atoms with Gasteiger partial charge in [-0.15, -0.1) is 0 Å². The van der Waals surface area contributed by atoms with Gasteiger partial charge in [-0.3, -0.25) is 4.79 Å². The highest BCUT2D eigenvalue weighted by atomic mass is 16.4. The maximum absolute atomic E-state index is 11.3. The molecule has 6 heteroatoms. The topological polar surface area (TPSA) is 89.8 Å². The highest BCUT2D eigenvalue weighted by molar-refractivity contribution is 6.40. The fraction of sp³-hybridized carbons (Fsp3) is 0.900. The van der Waals surface area contributed by atoms with Crippen LogP contribution in [0.4, 0.5) is 0 Å². The minimum Gasteiger partial charge on any atom is -0.480 e. The van der Waals surface area contributed by atoms with Gasteiger partial charge in [0, 0.05) is 0 Å². The molecule has 2 bridgehead atoms. The van der Waals surface area contributed by atoms with Gasteiger partial charge in [0.1, 0.15) is 5.54 Å². The monoisotopic (exact) mass is 227 g/mol. The van der Waals surface area contributed by atoms with Crippen molar-refractivity contribution in [3.63, 3.8) is 0 Å². The summed E-state index contributed by atoms with van der Waals surface area (Å²) >= 11 is 0. The van der Waals surface area contributed by atoms with Crippen LogP contribution in [-0.4, -0.2) is 40.3 Å². The molecule has 1 aliphatic carbocycles. The molecule has 0 radical (unpaired) electrons. The van der Waals surface area contributed by atoms with Crippen LogP contribution in [0.5, 0.6) is 0 Å². The first-order valence-corrected chi connectivity index (χ1v) is 5.91. The number of hydrogen-bond acceptors (Lipinski definition) is 4. The lowest BCUT2D eigenvalue weighted by molar-refractivity contribution is -0.145. The van der Waals surface area contributed by atoms with Crippen LogP contribution in [-0.2, 0) is 4.79 Å². The quantitative estimate of drug-likeness (QED) is 0.484. The zero-order chi connectivity index (χ0) is 11.8. The van der Waals surface area contributed by atoms with Gasteiger partial charge in [0.2, 0.25) is 0 Å². The molecule has 1 aliphatic heterocycles. The third kappa shape index (κ3) is 1.85. The fourth-order valence-corrected chi connectivity index (χ4v) is 3.32. The molecule has 5 nitrogen and oxygen atoms in total. The molecule has 4 N–H and O–H groups in total. The van der Waals surface area contributed by atoms with Crippen molar-refractivity contribution in [3.05, 3.63) is 0 Å². The van der Waals surface area contributed by atoms with E-state index in [9.17, 15) is 9.90 Å². The van der Waals surface area contributed by atoms with Crippen molar-refractivity contribution in [1.82, 2.24) is 5.32 Å². The van der Waals surface area contributed by atoms with E-state index >= 15 is 0 Å². The van der Waals surface area contributed by atoms with Gasteiger partial charge in [-0.2, -0.15) is 0 Å². The Kier molecular flexibility index (Phi) is 3.23. The first-order chi connectivity index (χ1) is 7.56. The first-order valence-electron chi connectivity index (χ1n) is 5.91. The largest absolute Gasteiger partial charge is 0.480 e. The lowest BCUT2D eigenvalue weighted by atomic mass is 9.78. The van der Waals surface area contributed by atoms with E-state index in [0.29, 0.717) is 25.1 Å². The third-order valence-corrected chi connectivity index (χ3v) is 4.15. The molecule has 2 aliphatic rings. The normalized spacial score (nSPS) is 36.6. The van der Waals surface area contributed by atoms with Crippen molar-refractivity contribution in [2.45, 2.75) is 37.5 Å². The van der Waals surface area contributed by atoms with Gasteiger partial charge >= 0.3 is 13.1 Å². The van der Waals surface area contributed by atoms with Crippen molar-refractivity contribution in [3.8, 4) is 0 Å². The van der Waals surface area contributed by atoms with E-state index in [2.05, 4.69) is 5.32 Å². The van der Waals surface area contributed by atoms with Crippen LogP contribution in [0.3, 0.4) is 0 Å². The minimum atomic E-state index is -1.27. The third-order valence-electron chi connectivity index (χ3n) is 4.15. The van der Waals surface area contributed by atoms with E-state index in [-0.39, 0.29) is 5.92 Å². The van der Waals surface area contributed by atoms with Gasteiger partial charge in [-0.05, 0) is 44.0 Å². The number of carbonyl (C=O) groups is 1. The van der Waals surface area contributed by atoms with Crippen LogP contribution in [0.25, 0.3) is 0 Å². The van der Waals surface area contributed by atoms with E-state index in [1.54, 1.807) is 0 Å². The average molecular weight is 227 g/mol. The Morgan fingerprint density at radius 3 is 2.75 bits per heavy atom. The number of aliphatic carboxylic acids is 1. The van der Waals surface area contributed by atoms with Crippen LogP contribution in [0.2, 0.25) is 6.32 Å². The predicted molar refractivity (Wildman–Crippen MR) is 58.8 cm³/mol. The van der Waals surface area contributed by atoms with Crippen LogP contribution in [0.15, 0.2) is 0 Å². The van der Waals surface area contributed by atoms with Crippen LogP contribution >= 0.6 is 0 Å². The van der Waals surface area contributed by atoms with Gasteiger partial charge in [-0.25, -0.2) is 0 Å². The summed E-state index contributed by atoms with van der Waals surface area (Å²) in [6.07, 6.45) is 3.46. The van der Waals surface area contributed by atoms with Crippen molar-refractivity contribution >= 4 is 13.1 Å². The zero-order valence-corrected chi connectivity index (χ0v) is 9.22. The van der Waals surface area contributed by atoms with Gasteiger partial charge in [-0.1, -0.05) is 6.42 Å². The standard InChI is InChI=1S/C10H18BNO4/c13-9(14)10-4-3-7(6-12-10)8(10)2-1-5-11(15)16/h7-8,12,15-16H,1-6H2,(H,13,14)/t7?,8?,10-/m1/s1. The molecule has 0 amide bonds. The zero-order valence-electron chi connectivity index (χ0n) is 9.22. The smallest absolute Gasteiger partial charge is 0.451 e. The Hall–Kier alpha value is -0.585. The van der Waals surface area contributed by atoms with E-state index in [4.69, 9.17) is 10.0 Å². The number of hydrogen-bond donors (Lipinski definition) is 4. The Balaban J connectivity index is 1.95. The summed E-state index contributed by atoms with van der Waals surface area (Å²) in [5.41, 5.74) is -0.731. The van der Waals surface area contributed by atoms with Crippen LogP contribution in [0, 0.1) is 11.8 Å². The second-order valence-corrected chi connectivity index (χ2v) is 4.97. The van der Waals surface area contributed by atoms with Crippen molar-refractivity contribution in [2.24, 2.45) is 11.8 Å². The summed E-state index contributed by atoms with van der Waals surface area (Å²) in [5.74, 6) is -0.141. The molecular formula is C10H18BNO4. The fourth-order valence-electron chi connectivity index (χ4n) is 3.32. The summed E-state index contributed by atoms with van der Waals surface area (Å²) in [6.45, 7) is 0.790. The summed E-state index contributed by atoms with van der Waals surface area (Å²) in [6, 6.07) is 0. The van der Waals surface area contributed by atoms with Crippen molar-refractivity contribution in [2.75, 3.05) is 6.54 Å². The van der Waals surface area contributed by atoms with Crippen LogP contribution < -0.4 is 5.32 Å². The molecular weight excluding hydrogens is 209 g/mol. The molecule has 2 unspecified atom stereocenters. The van der Waals surface area contributed by atoms with Gasteiger partial charge in [0.15, 0.2) is 0 Å². The Morgan fingerprint density at radius 1 is 1.50 bits per heavy atom. The Morgan fingerprint density at radius 2 is 2.25 bits per heavy atom. The maximum atomic E-state index is 11.3. The van der Waals surface area contributed by atoms with E-state index in [1.807, 2.05) is 0 Å². The minimum absolute atomic E-state index is 0.156. The molecule has 0 aromatic rings. The molecule has 0 aromatic heterocycles. The number of nitrogens with one attached hydrogen (secondary N) is 1. The molecule has 1 saturated heterocycles. The average Bonchev–Trinajstić information content (AvgIpc) is 2.74. The summed E-state index contributed by atoms with van der Waals surface area (Å²) in [4.78, 5) is 11.3. The highest BCUT2D eigenvalue weighted by Crippen LogP contribution is 2.47. The van der Waals surface area contributed by atoms with Gasteiger partial charge in [0.05, 0.1) is 0 Å². The maximum Gasteiger partial charge on any atom is 0.451 e. The summed E-state index contributed by atoms with van der Waals surface area (Å²) in [7, 11) is -1.27. The lowest BCUT2D eigenvalue weighted by Gasteiger charge is -2.27. The summed E-state index contributed by atoms with van der Waals surface area (Å²) < 4.78 is 0. The van der Waals surface area contributed by atoms with Gasteiger partial charge in [0.25, 0.3) is 0 Å². The van der Waals surface area contributed by atoms with Crippen LogP contribution in [0.1, 0.15) is 25.7 Å². The van der Waals surface area contributed by atoms with Crippen molar-refractivity contribution in [1.29, 1.82) is 0 Å². The second kappa shape index (κ2) is 4.35. The highest BCUT2D eigenvalue weighted by Gasteiger charge is 2.57.